The third-order valence-electron chi connectivity index (χ3n) is 5.44. The second-order valence-corrected chi connectivity index (χ2v) is 10.1. The number of aryl methyl sites for hydroxylation is 2. The summed E-state index contributed by atoms with van der Waals surface area (Å²) in [7, 11) is -3.07. The molecule has 1 aromatic carbocycles. The zero-order valence-electron chi connectivity index (χ0n) is 16.3. The molecule has 2 N–H and O–H groups in total. The van der Waals surface area contributed by atoms with Crippen molar-refractivity contribution in [2.45, 2.75) is 44.8 Å². The minimum absolute atomic E-state index is 0.00119. The Labute approximate surface area is 162 Å². The van der Waals surface area contributed by atoms with E-state index in [1.54, 1.807) is 0 Å². The maximum Gasteiger partial charge on any atom is 0.251 e. The molecule has 7 heteroatoms. The molecule has 0 spiro atoms. The first kappa shape index (κ1) is 20.3. The van der Waals surface area contributed by atoms with Gasteiger partial charge in [0.15, 0.2) is 0 Å². The summed E-state index contributed by atoms with van der Waals surface area (Å²) in [5.74, 6) is 0.484. The van der Waals surface area contributed by atoms with Crippen molar-refractivity contribution in [2.24, 2.45) is 5.92 Å². The Morgan fingerprint density at radius 2 is 1.70 bits per heavy atom. The maximum absolute atomic E-state index is 12.4. The van der Waals surface area contributed by atoms with Crippen molar-refractivity contribution < 1.29 is 13.2 Å². The van der Waals surface area contributed by atoms with Gasteiger partial charge in [0, 0.05) is 25.2 Å². The first-order valence-electron chi connectivity index (χ1n) is 9.91. The molecule has 0 atom stereocenters. The highest BCUT2D eigenvalue weighted by molar-refractivity contribution is 7.90. The smallest absolute Gasteiger partial charge is 0.251 e. The number of likely N-dealkylation sites (tertiary alicyclic amines) is 1. The molecule has 1 heterocycles. The molecule has 1 aliphatic carbocycles. The number of sulfonamides is 1. The summed E-state index contributed by atoms with van der Waals surface area (Å²) in [6, 6.07) is 5.92. The fourth-order valence-electron chi connectivity index (χ4n) is 3.70. The maximum atomic E-state index is 12.4. The largest absolute Gasteiger partial charge is 0.352 e. The fraction of sp³-hybridized carbons (Fsp3) is 0.650. The summed E-state index contributed by atoms with van der Waals surface area (Å²) >= 11 is 0. The first-order chi connectivity index (χ1) is 12.8. The summed E-state index contributed by atoms with van der Waals surface area (Å²) in [6.45, 7) is 7.87. The molecule has 6 nitrogen and oxygen atoms in total. The van der Waals surface area contributed by atoms with E-state index in [9.17, 15) is 13.2 Å². The second-order valence-electron chi connectivity index (χ2n) is 8.01. The number of amides is 1. The molecular formula is C20H31N3O3S. The lowest BCUT2D eigenvalue weighted by molar-refractivity contribution is 0.0936. The van der Waals surface area contributed by atoms with Gasteiger partial charge in [-0.3, -0.25) is 4.79 Å². The van der Waals surface area contributed by atoms with Gasteiger partial charge >= 0.3 is 0 Å². The molecule has 150 valence electrons. The molecule has 0 unspecified atom stereocenters. The van der Waals surface area contributed by atoms with E-state index >= 15 is 0 Å². The molecule has 1 saturated heterocycles. The molecule has 3 rings (SSSR count). The standard InChI is InChI=1S/C20H31N3O3S/c1-15-11-16(2)13-18(12-15)20(24)21-14-17-5-8-23(9-6-17)10-7-22-27(25,26)19-3-4-19/h11-13,17,19,22H,3-10,14H2,1-2H3,(H,21,24). The molecule has 2 fully saturated rings. The van der Waals surface area contributed by atoms with Gasteiger partial charge in [-0.1, -0.05) is 17.2 Å². The van der Waals surface area contributed by atoms with Crippen molar-refractivity contribution in [1.29, 1.82) is 0 Å². The van der Waals surface area contributed by atoms with Gasteiger partial charge in [0.2, 0.25) is 10.0 Å². The Kier molecular flexibility index (Phi) is 6.55. The molecule has 27 heavy (non-hydrogen) atoms. The Balaban J connectivity index is 1.35. The third kappa shape index (κ3) is 6.02. The van der Waals surface area contributed by atoms with Crippen LogP contribution in [0.2, 0.25) is 0 Å². The number of nitrogens with zero attached hydrogens (tertiary/aromatic N) is 1. The molecule has 2 aliphatic rings. The van der Waals surface area contributed by atoms with Crippen molar-refractivity contribution in [1.82, 2.24) is 14.9 Å². The van der Waals surface area contributed by atoms with E-state index in [1.807, 2.05) is 26.0 Å². The number of benzene rings is 1. The summed E-state index contributed by atoms with van der Waals surface area (Å²) in [5, 5.41) is 2.92. The molecular weight excluding hydrogens is 362 g/mol. The lowest BCUT2D eigenvalue weighted by atomic mass is 9.96. The zero-order valence-corrected chi connectivity index (χ0v) is 17.1. The SMILES string of the molecule is Cc1cc(C)cc(C(=O)NCC2CCN(CCNS(=O)(=O)C3CC3)CC2)c1. The average molecular weight is 394 g/mol. The van der Waals surface area contributed by atoms with Crippen LogP contribution in [0.1, 0.15) is 47.2 Å². The Bertz CT molecular complexity index is 746. The van der Waals surface area contributed by atoms with Crippen LogP contribution in [0.4, 0.5) is 0 Å². The van der Waals surface area contributed by atoms with Gasteiger partial charge < -0.3 is 10.2 Å². The first-order valence-corrected chi connectivity index (χ1v) is 11.5. The minimum atomic E-state index is -3.07. The van der Waals surface area contributed by atoms with E-state index in [4.69, 9.17) is 0 Å². The predicted octanol–water partition coefficient (Wildman–Crippen LogP) is 1.83. The molecule has 1 aromatic rings. The quantitative estimate of drug-likeness (QED) is 0.706. The van der Waals surface area contributed by atoms with Crippen LogP contribution in [0.15, 0.2) is 18.2 Å². The molecule has 1 saturated carbocycles. The van der Waals surface area contributed by atoms with Gasteiger partial charge in [0.1, 0.15) is 0 Å². The number of piperidine rings is 1. The summed E-state index contributed by atoms with van der Waals surface area (Å²) in [4.78, 5) is 14.7. The Morgan fingerprint density at radius 1 is 1.07 bits per heavy atom. The van der Waals surface area contributed by atoms with Gasteiger partial charge in [-0.25, -0.2) is 13.1 Å². The molecule has 1 amide bonds. The lowest BCUT2D eigenvalue weighted by Crippen LogP contribution is -2.42. The van der Waals surface area contributed by atoms with Crippen LogP contribution in [-0.2, 0) is 10.0 Å². The van der Waals surface area contributed by atoms with E-state index < -0.39 is 10.0 Å². The van der Waals surface area contributed by atoms with E-state index in [0.29, 0.717) is 19.0 Å². The Hall–Kier alpha value is -1.44. The number of carbonyl (C=O) groups excluding carboxylic acids is 1. The highest BCUT2D eigenvalue weighted by Crippen LogP contribution is 2.27. The highest BCUT2D eigenvalue weighted by Gasteiger charge is 2.35. The summed E-state index contributed by atoms with van der Waals surface area (Å²) in [6.07, 6.45) is 3.66. The Morgan fingerprint density at radius 3 is 2.30 bits per heavy atom. The van der Waals surface area contributed by atoms with E-state index in [-0.39, 0.29) is 11.2 Å². The van der Waals surface area contributed by atoms with Crippen molar-refractivity contribution in [3.05, 3.63) is 34.9 Å². The van der Waals surface area contributed by atoms with E-state index in [2.05, 4.69) is 21.0 Å². The molecule has 0 bridgehead atoms. The van der Waals surface area contributed by atoms with E-state index in [0.717, 1.165) is 62.0 Å². The van der Waals surface area contributed by atoms with Crippen LogP contribution >= 0.6 is 0 Å². The van der Waals surface area contributed by atoms with Crippen molar-refractivity contribution >= 4 is 15.9 Å². The number of hydrogen-bond donors (Lipinski definition) is 2. The average Bonchev–Trinajstić information content (AvgIpc) is 3.45. The van der Waals surface area contributed by atoms with Crippen molar-refractivity contribution in [3.63, 3.8) is 0 Å². The highest BCUT2D eigenvalue weighted by atomic mass is 32.2. The second kappa shape index (κ2) is 8.71. The van der Waals surface area contributed by atoms with Crippen molar-refractivity contribution in [2.75, 3.05) is 32.7 Å². The van der Waals surface area contributed by atoms with E-state index in [1.165, 1.54) is 0 Å². The monoisotopic (exact) mass is 393 g/mol. The van der Waals surface area contributed by atoms with Crippen molar-refractivity contribution in [3.8, 4) is 0 Å². The predicted molar refractivity (Wildman–Crippen MR) is 107 cm³/mol. The lowest BCUT2D eigenvalue weighted by Gasteiger charge is -2.32. The molecule has 0 radical (unpaired) electrons. The number of carbonyl (C=O) groups is 1. The summed E-state index contributed by atoms with van der Waals surface area (Å²) < 4.78 is 26.4. The minimum Gasteiger partial charge on any atom is -0.352 e. The summed E-state index contributed by atoms with van der Waals surface area (Å²) in [5.41, 5.74) is 2.93. The van der Waals surface area contributed by atoms with Gasteiger partial charge in [-0.05, 0) is 70.7 Å². The van der Waals surface area contributed by atoms with Gasteiger partial charge in [-0.15, -0.1) is 0 Å². The molecule has 1 aliphatic heterocycles. The zero-order chi connectivity index (χ0) is 19.4. The van der Waals surface area contributed by atoms with Crippen LogP contribution < -0.4 is 10.0 Å². The third-order valence-corrected chi connectivity index (χ3v) is 7.39. The fourth-order valence-corrected chi connectivity index (χ4v) is 5.07. The van der Waals surface area contributed by atoms with Gasteiger partial charge in [0.25, 0.3) is 5.91 Å². The number of hydrogen-bond acceptors (Lipinski definition) is 4. The topological polar surface area (TPSA) is 78.5 Å². The van der Waals surface area contributed by atoms with Crippen LogP contribution in [0.25, 0.3) is 0 Å². The van der Waals surface area contributed by atoms with Crippen LogP contribution in [0, 0.1) is 19.8 Å². The van der Waals surface area contributed by atoms with Gasteiger partial charge in [0.05, 0.1) is 5.25 Å². The normalized spacial score (nSPS) is 19.2. The van der Waals surface area contributed by atoms with Crippen LogP contribution in [-0.4, -0.2) is 57.2 Å². The van der Waals surface area contributed by atoms with Gasteiger partial charge in [-0.2, -0.15) is 0 Å². The molecule has 0 aromatic heterocycles. The number of nitrogens with one attached hydrogen (secondary N) is 2. The van der Waals surface area contributed by atoms with Crippen LogP contribution in [0.3, 0.4) is 0 Å². The van der Waals surface area contributed by atoms with Crippen LogP contribution in [0.5, 0.6) is 0 Å². The number of rotatable bonds is 8.